The first kappa shape index (κ1) is 13.5. The molecule has 0 heterocycles. The molecule has 100 valence electrons. The second-order valence-corrected chi connectivity index (χ2v) is 5.96. The zero-order valence-corrected chi connectivity index (χ0v) is 12.8. The highest BCUT2D eigenvalue weighted by molar-refractivity contribution is 14.1. The van der Waals surface area contributed by atoms with Crippen molar-refractivity contribution in [3.63, 3.8) is 0 Å². The van der Waals surface area contributed by atoms with Crippen molar-refractivity contribution in [2.45, 2.75) is 6.04 Å². The minimum atomic E-state index is -0.252. The molecule has 0 aliphatic carbocycles. The van der Waals surface area contributed by atoms with Crippen molar-refractivity contribution < 1.29 is 4.39 Å². The van der Waals surface area contributed by atoms with Gasteiger partial charge in [0.25, 0.3) is 0 Å². The summed E-state index contributed by atoms with van der Waals surface area (Å²) in [5.41, 5.74) is 8.33. The van der Waals surface area contributed by atoms with Gasteiger partial charge in [-0.05, 0) is 57.3 Å². The summed E-state index contributed by atoms with van der Waals surface area (Å²) >= 11 is 2.26. The fourth-order valence-electron chi connectivity index (χ4n) is 2.41. The SMILES string of the molecule is NC(c1ccc(I)cc1)c1ccc(F)c2ccccc12. The van der Waals surface area contributed by atoms with E-state index in [0.29, 0.717) is 5.39 Å². The van der Waals surface area contributed by atoms with Crippen molar-refractivity contribution >= 4 is 33.4 Å². The lowest BCUT2D eigenvalue weighted by Gasteiger charge is -2.15. The highest BCUT2D eigenvalue weighted by Crippen LogP contribution is 2.29. The van der Waals surface area contributed by atoms with Crippen LogP contribution in [0.1, 0.15) is 17.2 Å². The van der Waals surface area contributed by atoms with Gasteiger partial charge in [0.15, 0.2) is 0 Å². The third-order valence-corrected chi connectivity index (χ3v) is 4.19. The quantitative estimate of drug-likeness (QED) is 0.648. The Kier molecular flexibility index (Phi) is 3.72. The summed E-state index contributed by atoms with van der Waals surface area (Å²) in [6.45, 7) is 0. The number of halogens is 2. The Labute approximate surface area is 130 Å². The first-order valence-corrected chi connectivity index (χ1v) is 7.43. The Hall–Kier alpha value is -1.46. The number of hydrogen-bond donors (Lipinski definition) is 1. The molecule has 0 bridgehead atoms. The summed E-state index contributed by atoms with van der Waals surface area (Å²) in [7, 11) is 0. The van der Waals surface area contributed by atoms with Crippen LogP contribution < -0.4 is 5.73 Å². The summed E-state index contributed by atoms with van der Waals surface area (Å²) in [4.78, 5) is 0. The first-order valence-electron chi connectivity index (χ1n) is 6.35. The average Bonchev–Trinajstić information content (AvgIpc) is 2.48. The standard InChI is InChI=1S/C17H13FIN/c18-16-10-9-15(13-3-1-2-4-14(13)16)17(20)11-5-7-12(19)8-6-11/h1-10,17H,20H2. The molecule has 3 aromatic rings. The molecule has 1 atom stereocenters. The van der Waals surface area contributed by atoms with Gasteiger partial charge in [-0.3, -0.25) is 0 Å². The lowest BCUT2D eigenvalue weighted by molar-refractivity contribution is 0.639. The van der Waals surface area contributed by atoms with Crippen molar-refractivity contribution in [3.05, 3.63) is 81.2 Å². The van der Waals surface area contributed by atoms with Gasteiger partial charge < -0.3 is 5.73 Å². The van der Waals surface area contributed by atoms with Gasteiger partial charge in [0, 0.05) is 8.96 Å². The van der Waals surface area contributed by atoms with E-state index in [2.05, 4.69) is 22.6 Å². The van der Waals surface area contributed by atoms with Crippen LogP contribution in [-0.4, -0.2) is 0 Å². The maximum Gasteiger partial charge on any atom is 0.131 e. The Morgan fingerprint density at radius 3 is 2.20 bits per heavy atom. The van der Waals surface area contributed by atoms with E-state index in [9.17, 15) is 4.39 Å². The Morgan fingerprint density at radius 2 is 1.50 bits per heavy atom. The van der Waals surface area contributed by atoms with E-state index in [1.807, 2.05) is 42.5 Å². The molecule has 3 heteroatoms. The van der Waals surface area contributed by atoms with Gasteiger partial charge in [-0.2, -0.15) is 0 Å². The zero-order chi connectivity index (χ0) is 14.1. The van der Waals surface area contributed by atoms with Crippen LogP contribution in [0.25, 0.3) is 10.8 Å². The Balaban J connectivity index is 2.14. The number of fused-ring (bicyclic) bond motifs is 1. The summed E-state index contributed by atoms with van der Waals surface area (Å²) in [5, 5.41) is 1.49. The maximum atomic E-state index is 13.8. The molecular formula is C17H13FIN. The Morgan fingerprint density at radius 1 is 0.850 bits per heavy atom. The van der Waals surface area contributed by atoms with Crippen molar-refractivity contribution in [1.29, 1.82) is 0 Å². The molecule has 3 rings (SSSR count). The molecule has 0 fully saturated rings. The van der Waals surface area contributed by atoms with E-state index in [4.69, 9.17) is 5.73 Å². The van der Waals surface area contributed by atoms with Gasteiger partial charge in [-0.15, -0.1) is 0 Å². The lowest BCUT2D eigenvalue weighted by atomic mass is 9.94. The molecule has 0 saturated heterocycles. The topological polar surface area (TPSA) is 26.0 Å². The molecular weight excluding hydrogens is 364 g/mol. The number of benzene rings is 3. The second kappa shape index (κ2) is 5.50. The van der Waals surface area contributed by atoms with Crippen LogP contribution in [0.2, 0.25) is 0 Å². The minimum absolute atomic E-state index is 0.209. The largest absolute Gasteiger partial charge is 0.320 e. The lowest BCUT2D eigenvalue weighted by Crippen LogP contribution is -2.12. The molecule has 0 radical (unpaired) electrons. The van der Waals surface area contributed by atoms with Crippen LogP contribution in [-0.2, 0) is 0 Å². The third-order valence-electron chi connectivity index (χ3n) is 3.47. The van der Waals surface area contributed by atoms with Crippen molar-refractivity contribution in [1.82, 2.24) is 0 Å². The van der Waals surface area contributed by atoms with Crippen LogP contribution in [0.4, 0.5) is 4.39 Å². The van der Waals surface area contributed by atoms with Crippen LogP contribution in [0.5, 0.6) is 0 Å². The zero-order valence-electron chi connectivity index (χ0n) is 10.7. The summed E-state index contributed by atoms with van der Waals surface area (Å²) < 4.78 is 15.0. The average molecular weight is 377 g/mol. The summed E-state index contributed by atoms with van der Waals surface area (Å²) in [6, 6.07) is 18.6. The molecule has 2 N–H and O–H groups in total. The highest BCUT2D eigenvalue weighted by Gasteiger charge is 2.13. The van der Waals surface area contributed by atoms with Crippen LogP contribution >= 0.6 is 22.6 Å². The fourth-order valence-corrected chi connectivity index (χ4v) is 2.77. The van der Waals surface area contributed by atoms with E-state index >= 15 is 0 Å². The van der Waals surface area contributed by atoms with Gasteiger partial charge in [-0.1, -0.05) is 42.5 Å². The number of nitrogens with two attached hydrogens (primary N) is 1. The van der Waals surface area contributed by atoms with E-state index in [1.165, 1.54) is 9.64 Å². The van der Waals surface area contributed by atoms with E-state index in [1.54, 1.807) is 12.1 Å². The van der Waals surface area contributed by atoms with E-state index in [0.717, 1.165) is 16.5 Å². The summed E-state index contributed by atoms with van der Waals surface area (Å²) in [5.74, 6) is -0.209. The molecule has 20 heavy (non-hydrogen) atoms. The van der Waals surface area contributed by atoms with Gasteiger partial charge >= 0.3 is 0 Å². The number of hydrogen-bond acceptors (Lipinski definition) is 1. The molecule has 0 aliphatic rings. The molecule has 0 spiro atoms. The van der Waals surface area contributed by atoms with Gasteiger partial charge in [0.2, 0.25) is 0 Å². The molecule has 0 aromatic heterocycles. The predicted molar refractivity (Wildman–Crippen MR) is 89.1 cm³/mol. The monoisotopic (exact) mass is 377 g/mol. The molecule has 1 nitrogen and oxygen atoms in total. The fraction of sp³-hybridized carbons (Fsp3) is 0.0588. The number of rotatable bonds is 2. The van der Waals surface area contributed by atoms with Gasteiger partial charge in [-0.25, -0.2) is 4.39 Å². The first-order chi connectivity index (χ1) is 9.66. The third kappa shape index (κ3) is 2.43. The smallest absolute Gasteiger partial charge is 0.131 e. The molecule has 3 aromatic carbocycles. The minimum Gasteiger partial charge on any atom is -0.320 e. The molecule has 0 saturated carbocycles. The second-order valence-electron chi connectivity index (χ2n) is 4.71. The molecule has 0 aliphatic heterocycles. The predicted octanol–water partition coefficient (Wildman–Crippen LogP) is 4.63. The van der Waals surface area contributed by atoms with Crippen LogP contribution in [0.15, 0.2) is 60.7 Å². The Bertz CT molecular complexity index is 753. The van der Waals surface area contributed by atoms with Crippen LogP contribution in [0, 0.1) is 9.39 Å². The summed E-state index contributed by atoms with van der Waals surface area (Å²) in [6.07, 6.45) is 0. The highest BCUT2D eigenvalue weighted by atomic mass is 127. The maximum absolute atomic E-state index is 13.8. The molecule has 1 unspecified atom stereocenters. The van der Waals surface area contributed by atoms with Gasteiger partial charge in [0.1, 0.15) is 5.82 Å². The normalized spacial score (nSPS) is 12.6. The van der Waals surface area contributed by atoms with Crippen molar-refractivity contribution in [2.24, 2.45) is 5.73 Å². The van der Waals surface area contributed by atoms with E-state index < -0.39 is 0 Å². The van der Waals surface area contributed by atoms with Gasteiger partial charge in [0.05, 0.1) is 6.04 Å². The van der Waals surface area contributed by atoms with Crippen molar-refractivity contribution in [3.8, 4) is 0 Å². The van der Waals surface area contributed by atoms with Crippen molar-refractivity contribution in [2.75, 3.05) is 0 Å². The van der Waals surface area contributed by atoms with E-state index in [-0.39, 0.29) is 11.9 Å². The molecule has 0 amide bonds. The van der Waals surface area contributed by atoms with Crippen LogP contribution in [0.3, 0.4) is 0 Å².